The summed E-state index contributed by atoms with van der Waals surface area (Å²) in [6.45, 7) is 1.31. The summed E-state index contributed by atoms with van der Waals surface area (Å²) in [5, 5.41) is 0.720. The van der Waals surface area contributed by atoms with Gasteiger partial charge in [-0.1, -0.05) is 48.0 Å². The first kappa shape index (κ1) is 17.3. The molecule has 3 nitrogen and oxygen atoms in total. The highest BCUT2D eigenvalue weighted by molar-refractivity contribution is 7.15. The Balaban J connectivity index is 1.42. The smallest absolute Gasteiger partial charge is 0.240 e. The van der Waals surface area contributed by atoms with E-state index in [9.17, 15) is 4.79 Å². The topological polar surface area (TPSA) is 46.3 Å². The number of thiophene rings is 1. The van der Waals surface area contributed by atoms with Gasteiger partial charge in [-0.3, -0.25) is 4.79 Å². The van der Waals surface area contributed by atoms with Crippen molar-refractivity contribution in [1.82, 2.24) is 4.90 Å². The van der Waals surface area contributed by atoms with E-state index < -0.39 is 6.04 Å². The van der Waals surface area contributed by atoms with Crippen LogP contribution < -0.4 is 5.73 Å². The standard InChI is InChI=1S/C21H19ClN2OS/c22-17-7-3-6-14(10-17)20-9-8-18(26-20)11-19(23)21(25)24-12-15-4-1-2-5-16(15)13-24/h1-10,19H,11-13,23H2. The van der Waals surface area contributed by atoms with Gasteiger partial charge in [0, 0.05) is 34.3 Å². The Bertz CT molecular complexity index is 927. The first-order chi connectivity index (χ1) is 12.6. The molecule has 1 aliphatic heterocycles. The van der Waals surface area contributed by atoms with Crippen molar-refractivity contribution in [3.05, 3.63) is 81.7 Å². The van der Waals surface area contributed by atoms with E-state index in [1.807, 2.05) is 47.4 Å². The largest absolute Gasteiger partial charge is 0.333 e. The maximum absolute atomic E-state index is 12.7. The van der Waals surface area contributed by atoms with Crippen LogP contribution in [-0.4, -0.2) is 16.8 Å². The second kappa shape index (κ2) is 7.23. The van der Waals surface area contributed by atoms with E-state index in [2.05, 4.69) is 18.2 Å². The van der Waals surface area contributed by atoms with E-state index in [1.165, 1.54) is 11.1 Å². The number of carbonyl (C=O) groups excluding carboxylic acids is 1. The fraction of sp³-hybridized carbons (Fsp3) is 0.190. The van der Waals surface area contributed by atoms with Gasteiger partial charge in [0.1, 0.15) is 0 Å². The molecule has 0 saturated heterocycles. The van der Waals surface area contributed by atoms with Crippen molar-refractivity contribution in [3.63, 3.8) is 0 Å². The van der Waals surface area contributed by atoms with E-state index >= 15 is 0 Å². The van der Waals surface area contributed by atoms with Crippen molar-refractivity contribution in [2.24, 2.45) is 5.73 Å². The lowest BCUT2D eigenvalue weighted by Crippen LogP contribution is -2.42. The molecule has 1 aliphatic rings. The highest BCUT2D eigenvalue weighted by Gasteiger charge is 2.27. The first-order valence-corrected chi connectivity index (χ1v) is 9.75. The molecule has 0 bridgehead atoms. The molecule has 3 aromatic rings. The van der Waals surface area contributed by atoms with Gasteiger partial charge in [0.2, 0.25) is 5.91 Å². The molecule has 2 N–H and O–H groups in total. The molecule has 2 heterocycles. The molecule has 0 spiro atoms. The van der Waals surface area contributed by atoms with Gasteiger partial charge in [0.05, 0.1) is 6.04 Å². The molecule has 5 heteroatoms. The summed E-state index contributed by atoms with van der Waals surface area (Å²) >= 11 is 7.73. The monoisotopic (exact) mass is 382 g/mol. The minimum atomic E-state index is -0.518. The fourth-order valence-corrected chi connectivity index (χ4v) is 4.56. The lowest BCUT2D eigenvalue weighted by atomic mass is 10.1. The van der Waals surface area contributed by atoms with Gasteiger partial charge in [-0.25, -0.2) is 0 Å². The molecule has 1 unspecified atom stereocenters. The van der Waals surface area contributed by atoms with Crippen LogP contribution >= 0.6 is 22.9 Å². The summed E-state index contributed by atoms with van der Waals surface area (Å²) < 4.78 is 0. The molecule has 1 amide bonds. The fourth-order valence-electron chi connectivity index (χ4n) is 3.31. The average Bonchev–Trinajstić information content (AvgIpc) is 3.27. The van der Waals surface area contributed by atoms with E-state index in [1.54, 1.807) is 11.3 Å². The normalized spacial score (nSPS) is 14.3. The maximum Gasteiger partial charge on any atom is 0.240 e. The van der Waals surface area contributed by atoms with Crippen molar-refractivity contribution >= 4 is 28.8 Å². The number of amides is 1. The Morgan fingerprint density at radius 1 is 1.08 bits per heavy atom. The number of fused-ring (bicyclic) bond motifs is 1. The molecule has 1 aromatic heterocycles. The lowest BCUT2D eigenvalue weighted by molar-refractivity contribution is -0.133. The molecule has 4 rings (SSSR count). The third-order valence-electron chi connectivity index (χ3n) is 4.66. The Kier molecular flexibility index (Phi) is 4.81. The zero-order valence-electron chi connectivity index (χ0n) is 14.2. The number of carbonyl (C=O) groups is 1. The van der Waals surface area contributed by atoms with E-state index in [4.69, 9.17) is 17.3 Å². The molecule has 2 aromatic carbocycles. The van der Waals surface area contributed by atoms with E-state index in [-0.39, 0.29) is 5.91 Å². The summed E-state index contributed by atoms with van der Waals surface area (Å²) in [6.07, 6.45) is 0.552. The van der Waals surface area contributed by atoms with Gasteiger partial charge in [-0.05, 0) is 41.0 Å². The summed E-state index contributed by atoms with van der Waals surface area (Å²) in [4.78, 5) is 16.8. The number of benzene rings is 2. The molecule has 0 saturated carbocycles. The number of nitrogens with two attached hydrogens (primary N) is 1. The summed E-state index contributed by atoms with van der Waals surface area (Å²) in [7, 11) is 0. The van der Waals surface area contributed by atoms with E-state index in [0.29, 0.717) is 19.5 Å². The third kappa shape index (κ3) is 3.54. The number of hydrogen-bond donors (Lipinski definition) is 1. The predicted octanol–water partition coefficient (Wildman–Crippen LogP) is 4.48. The molecule has 26 heavy (non-hydrogen) atoms. The molecular formula is C21H19ClN2OS. The van der Waals surface area contributed by atoms with Crippen LogP contribution in [0.3, 0.4) is 0 Å². The van der Waals surface area contributed by atoms with Gasteiger partial charge in [0.25, 0.3) is 0 Å². The van der Waals surface area contributed by atoms with Gasteiger partial charge in [-0.2, -0.15) is 0 Å². The quantitative estimate of drug-likeness (QED) is 0.723. The van der Waals surface area contributed by atoms with Gasteiger partial charge < -0.3 is 10.6 Å². The van der Waals surface area contributed by atoms with Crippen LogP contribution in [-0.2, 0) is 24.3 Å². The van der Waals surface area contributed by atoms with Gasteiger partial charge in [0.15, 0.2) is 0 Å². The Morgan fingerprint density at radius 2 is 1.81 bits per heavy atom. The molecular weight excluding hydrogens is 364 g/mol. The molecule has 0 radical (unpaired) electrons. The van der Waals surface area contributed by atoms with Crippen molar-refractivity contribution in [2.45, 2.75) is 25.6 Å². The van der Waals surface area contributed by atoms with Crippen molar-refractivity contribution in [3.8, 4) is 10.4 Å². The zero-order chi connectivity index (χ0) is 18.1. The number of nitrogens with zero attached hydrogens (tertiary/aromatic N) is 1. The highest BCUT2D eigenvalue weighted by atomic mass is 35.5. The maximum atomic E-state index is 12.7. The molecule has 0 fully saturated rings. The second-order valence-corrected chi connectivity index (χ2v) is 8.15. The van der Waals surface area contributed by atoms with E-state index in [0.717, 1.165) is 20.3 Å². The average molecular weight is 383 g/mol. The minimum Gasteiger partial charge on any atom is -0.333 e. The number of halogens is 1. The van der Waals surface area contributed by atoms with Crippen LogP contribution in [0.4, 0.5) is 0 Å². The van der Waals surface area contributed by atoms with Crippen molar-refractivity contribution < 1.29 is 4.79 Å². The second-order valence-electron chi connectivity index (χ2n) is 6.55. The minimum absolute atomic E-state index is 0.0129. The summed E-state index contributed by atoms with van der Waals surface area (Å²) in [5.74, 6) is 0.0129. The SMILES string of the molecule is NC(Cc1ccc(-c2cccc(Cl)c2)s1)C(=O)N1Cc2ccccc2C1. The molecule has 0 aliphatic carbocycles. The van der Waals surface area contributed by atoms with Crippen LogP contribution in [0.5, 0.6) is 0 Å². The Hall–Kier alpha value is -2.14. The van der Waals surface area contributed by atoms with Crippen LogP contribution in [0.25, 0.3) is 10.4 Å². The molecule has 132 valence electrons. The number of hydrogen-bond acceptors (Lipinski definition) is 3. The van der Waals surface area contributed by atoms with Gasteiger partial charge in [-0.15, -0.1) is 11.3 Å². The zero-order valence-corrected chi connectivity index (χ0v) is 15.8. The Labute approximate surface area is 162 Å². The number of rotatable bonds is 4. The van der Waals surface area contributed by atoms with Crippen molar-refractivity contribution in [2.75, 3.05) is 0 Å². The third-order valence-corrected chi connectivity index (χ3v) is 6.05. The van der Waals surface area contributed by atoms with Crippen LogP contribution in [0.15, 0.2) is 60.7 Å². The lowest BCUT2D eigenvalue weighted by Gasteiger charge is -2.20. The first-order valence-electron chi connectivity index (χ1n) is 8.56. The van der Waals surface area contributed by atoms with Crippen LogP contribution in [0, 0.1) is 0 Å². The van der Waals surface area contributed by atoms with Crippen molar-refractivity contribution in [1.29, 1.82) is 0 Å². The Morgan fingerprint density at radius 3 is 2.50 bits per heavy atom. The highest BCUT2D eigenvalue weighted by Crippen LogP contribution is 2.30. The summed E-state index contributed by atoms with van der Waals surface area (Å²) in [5.41, 5.74) is 9.75. The van der Waals surface area contributed by atoms with Crippen LogP contribution in [0.1, 0.15) is 16.0 Å². The predicted molar refractivity (Wildman–Crippen MR) is 107 cm³/mol. The summed E-state index contributed by atoms with van der Waals surface area (Å²) in [6, 6.07) is 19.6. The molecule has 1 atom stereocenters. The van der Waals surface area contributed by atoms with Gasteiger partial charge >= 0.3 is 0 Å². The van der Waals surface area contributed by atoms with Crippen LogP contribution in [0.2, 0.25) is 5.02 Å².